The predicted molar refractivity (Wildman–Crippen MR) is 116 cm³/mol. The van der Waals surface area contributed by atoms with Gasteiger partial charge in [0.1, 0.15) is 0 Å². The molecule has 0 radical (unpaired) electrons. The van der Waals surface area contributed by atoms with Crippen molar-refractivity contribution < 1.29 is 34.8 Å². The quantitative estimate of drug-likeness (QED) is 0.287. The van der Waals surface area contributed by atoms with Crippen molar-refractivity contribution in [2.24, 2.45) is 0 Å². The van der Waals surface area contributed by atoms with Crippen LogP contribution in [0.4, 0.5) is 26.3 Å². The van der Waals surface area contributed by atoms with Gasteiger partial charge in [-0.15, -0.1) is 0 Å². The third kappa shape index (κ3) is 4.37. The van der Waals surface area contributed by atoms with Gasteiger partial charge < -0.3 is 0 Å². The van der Waals surface area contributed by atoms with Crippen molar-refractivity contribution in [3.63, 3.8) is 0 Å². The van der Waals surface area contributed by atoms with E-state index in [4.69, 9.17) is 0 Å². The summed E-state index contributed by atoms with van der Waals surface area (Å²) in [5.74, 6) is 0. The highest BCUT2D eigenvalue weighted by Gasteiger charge is 2.38. The van der Waals surface area contributed by atoms with Crippen LogP contribution in [-0.4, -0.2) is 19.7 Å². The standard InChI is InChI=1S/C24H15F6NO2S/c1-34(32,33)20-11-3-2-7-15(20)16-8-5-9-17(21(16)24(28,29)30)19-13-12-14-6-4-10-18(22(14)31-19)23(25,26)27/h2-13H,1H3. The van der Waals surface area contributed by atoms with Crippen LogP contribution in [0, 0.1) is 0 Å². The molecule has 0 N–H and O–H groups in total. The van der Waals surface area contributed by atoms with Crippen molar-refractivity contribution in [2.45, 2.75) is 17.2 Å². The van der Waals surface area contributed by atoms with Gasteiger partial charge in [0.25, 0.3) is 0 Å². The molecule has 0 amide bonds. The average Bonchev–Trinajstić information content (AvgIpc) is 2.76. The van der Waals surface area contributed by atoms with Crippen molar-refractivity contribution >= 4 is 20.7 Å². The molecule has 0 bridgehead atoms. The van der Waals surface area contributed by atoms with E-state index in [2.05, 4.69) is 4.98 Å². The van der Waals surface area contributed by atoms with E-state index in [0.717, 1.165) is 24.5 Å². The molecule has 10 heteroatoms. The molecule has 1 aromatic heterocycles. The molecule has 176 valence electrons. The minimum atomic E-state index is -4.96. The Kier molecular flexibility index (Phi) is 5.67. The number of hydrogen-bond acceptors (Lipinski definition) is 3. The average molecular weight is 495 g/mol. The van der Waals surface area contributed by atoms with Gasteiger partial charge in [-0.05, 0) is 23.8 Å². The summed E-state index contributed by atoms with van der Waals surface area (Å²) < 4.78 is 108. The molecule has 0 aliphatic heterocycles. The number of fused-ring (bicyclic) bond motifs is 1. The summed E-state index contributed by atoms with van der Waals surface area (Å²) in [4.78, 5) is 3.65. The zero-order valence-corrected chi connectivity index (χ0v) is 18.2. The van der Waals surface area contributed by atoms with Gasteiger partial charge >= 0.3 is 12.4 Å². The van der Waals surface area contributed by atoms with Gasteiger partial charge in [-0.2, -0.15) is 26.3 Å². The van der Waals surface area contributed by atoms with Crippen LogP contribution in [0.15, 0.2) is 77.7 Å². The number of pyridine rings is 1. The van der Waals surface area contributed by atoms with Crippen molar-refractivity contribution in [3.8, 4) is 22.4 Å². The lowest BCUT2D eigenvalue weighted by Crippen LogP contribution is -2.12. The number of benzene rings is 3. The fraction of sp³-hybridized carbons (Fsp3) is 0.125. The summed E-state index contributed by atoms with van der Waals surface area (Å²) in [5, 5.41) is 0.116. The molecule has 0 aliphatic carbocycles. The first-order valence-electron chi connectivity index (χ1n) is 9.75. The highest BCUT2D eigenvalue weighted by molar-refractivity contribution is 7.90. The maximum Gasteiger partial charge on any atom is 0.418 e. The third-order valence-electron chi connectivity index (χ3n) is 5.23. The minimum absolute atomic E-state index is 0.116. The molecule has 3 nitrogen and oxygen atoms in total. The molecule has 0 aliphatic rings. The maximum absolute atomic E-state index is 14.3. The van der Waals surface area contributed by atoms with E-state index < -0.39 is 50.0 Å². The van der Waals surface area contributed by atoms with E-state index in [9.17, 15) is 34.8 Å². The Morgan fingerprint density at radius 3 is 1.94 bits per heavy atom. The van der Waals surface area contributed by atoms with Gasteiger partial charge in [0.15, 0.2) is 9.84 Å². The first kappa shape index (κ1) is 23.7. The summed E-state index contributed by atoms with van der Waals surface area (Å²) in [5.41, 5.74) is -4.13. The summed E-state index contributed by atoms with van der Waals surface area (Å²) >= 11 is 0. The Morgan fingerprint density at radius 2 is 1.29 bits per heavy atom. The normalized spacial score (nSPS) is 12.8. The number of rotatable bonds is 3. The summed E-state index contributed by atoms with van der Waals surface area (Å²) in [6.07, 6.45) is -8.84. The fourth-order valence-electron chi connectivity index (χ4n) is 3.83. The van der Waals surface area contributed by atoms with E-state index in [1.165, 1.54) is 54.6 Å². The number of nitrogens with zero attached hydrogens (tertiary/aromatic N) is 1. The number of aromatic nitrogens is 1. The summed E-state index contributed by atoms with van der Waals surface area (Å²) in [7, 11) is -3.88. The highest BCUT2D eigenvalue weighted by atomic mass is 32.2. The zero-order chi connectivity index (χ0) is 24.9. The van der Waals surface area contributed by atoms with E-state index in [0.29, 0.717) is 0 Å². The molecule has 0 saturated heterocycles. The van der Waals surface area contributed by atoms with Gasteiger partial charge in [0.05, 0.1) is 27.2 Å². The maximum atomic E-state index is 14.3. The lowest BCUT2D eigenvalue weighted by Gasteiger charge is -2.19. The van der Waals surface area contributed by atoms with Crippen molar-refractivity contribution in [2.75, 3.05) is 6.26 Å². The molecule has 4 aromatic rings. The van der Waals surface area contributed by atoms with Gasteiger partial charge in [0, 0.05) is 22.8 Å². The van der Waals surface area contributed by atoms with E-state index in [1.807, 2.05) is 0 Å². The number of para-hydroxylation sites is 1. The van der Waals surface area contributed by atoms with E-state index in [-0.39, 0.29) is 21.5 Å². The van der Waals surface area contributed by atoms with Crippen LogP contribution in [0.25, 0.3) is 33.3 Å². The zero-order valence-electron chi connectivity index (χ0n) is 17.4. The molecule has 0 atom stereocenters. The Morgan fingerprint density at radius 1 is 0.676 bits per heavy atom. The van der Waals surface area contributed by atoms with Crippen molar-refractivity contribution in [1.82, 2.24) is 4.98 Å². The van der Waals surface area contributed by atoms with Gasteiger partial charge in [-0.1, -0.05) is 54.6 Å². The largest absolute Gasteiger partial charge is 0.418 e. The fourth-order valence-corrected chi connectivity index (χ4v) is 4.74. The van der Waals surface area contributed by atoms with Gasteiger partial charge in [0.2, 0.25) is 0 Å². The Hall–Kier alpha value is -3.40. The molecule has 34 heavy (non-hydrogen) atoms. The van der Waals surface area contributed by atoms with Crippen LogP contribution < -0.4 is 0 Å². The van der Waals surface area contributed by atoms with Gasteiger partial charge in [-0.25, -0.2) is 13.4 Å². The Labute approximate surface area is 190 Å². The number of sulfone groups is 1. The first-order chi connectivity index (χ1) is 15.8. The third-order valence-corrected chi connectivity index (χ3v) is 6.38. The van der Waals surface area contributed by atoms with Crippen LogP contribution in [-0.2, 0) is 22.2 Å². The number of alkyl halides is 6. The second kappa shape index (κ2) is 8.12. The van der Waals surface area contributed by atoms with Gasteiger partial charge in [-0.3, -0.25) is 0 Å². The van der Waals surface area contributed by atoms with Crippen LogP contribution in [0.3, 0.4) is 0 Å². The molecule has 0 fully saturated rings. The molecule has 4 rings (SSSR count). The number of halogens is 6. The minimum Gasteiger partial charge on any atom is -0.247 e. The van der Waals surface area contributed by atoms with E-state index >= 15 is 0 Å². The second-order valence-corrected chi connectivity index (χ2v) is 9.55. The van der Waals surface area contributed by atoms with Crippen LogP contribution in [0.2, 0.25) is 0 Å². The molecule has 1 heterocycles. The Balaban J connectivity index is 2.06. The number of hydrogen-bond donors (Lipinski definition) is 0. The molecular weight excluding hydrogens is 480 g/mol. The lowest BCUT2D eigenvalue weighted by molar-refractivity contribution is -0.137. The predicted octanol–water partition coefficient (Wildman–Crippen LogP) is 7.01. The Bertz CT molecular complexity index is 1510. The molecule has 0 spiro atoms. The molecule has 0 saturated carbocycles. The SMILES string of the molecule is CS(=O)(=O)c1ccccc1-c1cccc(-c2ccc3cccc(C(F)(F)F)c3n2)c1C(F)(F)F. The van der Waals surface area contributed by atoms with Crippen LogP contribution in [0.1, 0.15) is 11.1 Å². The molecule has 3 aromatic carbocycles. The molecular formula is C24H15F6NO2S. The first-order valence-corrected chi connectivity index (χ1v) is 11.6. The molecule has 0 unspecified atom stereocenters. The van der Waals surface area contributed by atoms with Crippen molar-refractivity contribution in [1.29, 1.82) is 0 Å². The van der Waals surface area contributed by atoms with Crippen LogP contribution in [0.5, 0.6) is 0 Å². The van der Waals surface area contributed by atoms with Crippen molar-refractivity contribution in [3.05, 3.63) is 83.9 Å². The smallest absolute Gasteiger partial charge is 0.247 e. The second-order valence-electron chi connectivity index (χ2n) is 7.57. The topological polar surface area (TPSA) is 47.0 Å². The van der Waals surface area contributed by atoms with Crippen LogP contribution >= 0.6 is 0 Å². The summed E-state index contributed by atoms with van der Waals surface area (Å²) in [6, 6.07) is 14.6. The summed E-state index contributed by atoms with van der Waals surface area (Å²) in [6.45, 7) is 0. The van der Waals surface area contributed by atoms with E-state index in [1.54, 1.807) is 0 Å². The highest BCUT2D eigenvalue weighted by Crippen LogP contribution is 2.45. The lowest BCUT2D eigenvalue weighted by atomic mass is 9.93. The monoisotopic (exact) mass is 495 g/mol.